The van der Waals surface area contributed by atoms with E-state index < -0.39 is 18.0 Å². The summed E-state index contributed by atoms with van der Waals surface area (Å²) in [6.45, 7) is 0.0572. The van der Waals surface area contributed by atoms with Crippen LogP contribution in [-0.2, 0) is 30.5 Å². The first-order valence-electron chi connectivity index (χ1n) is 6.62. The lowest BCUT2D eigenvalue weighted by Crippen LogP contribution is -2.22. The third-order valence-corrected chi connectivity index (χ3v) is 2.87. The molecule has 0 aliphatic rings. The number of carbonyl (C=O) groups is 3. The second kappa shape index (κ2) is 7.73. The van der Waals surface area contributed by atoms with Gasteiger partial charge in [0.05, 0.1) is 0 Å². The normalized spacial score (nSPS) is 11.3. The first-order chi connectivity index (χ1) is 10.7. The molecule has 5 heteroatoms. The van der Waals surface area contributed by atoms with Crippen molar-refractivity contribution in [1.29, 1.82) is 0 Å². The Labute approximate surface area is 127 Å². The molecule has 0 aromatic heterocycles. The van der Waals surface area contributed by atoms with Gasteiger partial charge in [-0.3, -0.25) is 4.79 Å². The maximum absolute atomic E-state index is 12.2. The molecular weight excluding hydrogens is 284 g/mol. The highest BCUT2D eigenvalue weighted by molar-refractivity contribution is 6.20. The van der Waals surface area contributed by atoms with Gasteiger partial charge in [-0.25, -0.2) is 9.59 Å². The van der Waals surface area contributed by atoms with Gasteiger partial charge in [-0.05, 0) is 5.56 Å². The maximum atomic E-state index is 12.2. The molecule has 1 atom stereocenters. The van der Waals surface area contributed by atoms with Gasteiger partial charge in [-0.2, -0.15) is 0 Å². The molecule has 0 saturated carbocycles. The SMILES string of the molecule is O=CC(=O)OC(C(=O)OCc1ccccc1)c1ccccc1. The van der Waals surface area contributed by atoms with E-state index in [-0.39, 0.29) is 12.9 Å². The molecule has 0 aliphatic heterocycles. The smallest absolute Gasteiger partial charge is 0.372 e. The lowest BCUT2D eigenvalue weighted by Gasteiger charge is -2.16. The van der Waals surface area contributed by atoms with Crippen LogP contribution in [0.25, 0.3) is 0 Å². The number of aldehydes is 1. The number of hydrogen-bond acceptors (Lipinski definition) is 5. The van der Waals surface area contributed by atoms with Gasteiger partial charge < -0.3 is 9.47 Å². The highest BCUT2D eigenvalue weighted by Gasteiger charge is 2.26. The van der Waals surface area contributed by atoms with Crippen LogP contribution in [0.5, 0.6) is 0 Å². The molecule has 1 unspecified atom stereocenters. The fraction of sp³-hybridized carbons (Fsp3) is 0.118. The van der Waals surface area contributed by atoms with E-state index in [2.05, 4.69) is 0 Å². The molecular formula is C17H14O5. The highest BCUT2D eigenvalue weighted by atomic mass is 16.6. The van der Waals surface area contributed by atoms with Crippen molar-refractivity contribution in [2.24, 2.45) is 0 Å². The Morgan fingerprint density at radius 3 is 2.14 bits per heavy atom. The zero-order valence-corrected chi connectivity index (χ0v) is 11.7. The molecule has 0 N–H and O–H groups in total. The second-order valence-electron chi connectivity index (χ2n) is 4.44. The van der Waals surface area contributed by atoms with Gasteiger partial charge >= 0.3 is 11.9 Å². The average molecular weight is 298 g/mol. The first kappa shape index (κ1) is 15.4. The van der Waals surface area contributed by atoms with Crippen LogP contribution in [0.1, 0.15) is 17.2 Å². The van der Waals surface area contributed by atoms with Gasteiger partial charge in [0.25, 0.3) is 0 Å². The van der Waals surface area contributed by atoms with Crippen molar-refractivity contribution in [3.05, 3.63) is 71.8 Å². The zero-order valence-electron chi connectivity index (χ0n) is 11.7. The van der Waals surface area contributed by atoms with Crippen LogP contribution in [0.4, 0.5) is 0 Å². The van der Waals surface area contributed by atoms with E-state index in [1.54, 1.807) is 30.3 Å². The topological polar surface area (TPSA) is 69.7 Å². The van der Waals surface area contributed by atoms with Crippen LogP contribution in [0, 0.1) is 0 Å². The molecule has 0 bridgehead atoms. The Morgan fingerprint density at radius 2 is 1.55 bits per heavy atom. The Hall–Kier alpha value is -2.95. The fourth-order valence-electron chi connectivity index (χ4n) is 1.83. The van der Waals surface area contributed by atoms with Crippen LogP contribution in [-0.4, -0.2) is 18.2 Å². The van der Waals surface area contributed by atoms with E-state index in [4.69, 9.17) is 9.47 Å². The number of hydrogen-bond donors (Lipinski definition) is 0. The number of rotatable bonds is 6. The third-order valence-electron chi connectivity index (χ3n) is 2.87. The van der Waals surface area contributed by atoms with Crippen molar-refractivity contribution in [1.82, 2.24) is 0 Å². The summed E-state index contributed by atoms with van der Waals surface area (Å²) in [7, 11) is 0. The monoisotopic (exact) mass is 298 g/mol. The molecule has 0 amide bonds. The quantitative estimate of drug-likeness (QED) is 0.464. The predicted molar refractivity (Wildman–Crippen MR) is 77.6 cm³/mol. The molecule has 2 aromatic carbocycles. The van der Waals surface area contributed by atoms with Crippen molar-refractivity contribution in [2.45, 2.75) is 12.7 Å². The van der Waals surface area contributed by atoms with Crippen molar-refractivity contribution >= 4 is 18.2 Å². The van der Waals surface area contributed by atoms with Gasteiger partial charge in [0.2, 0.25) is 12.4 Å². The van der Waals surface area contributed by atoms with Crippen LogP contribution < -0.4 is 0 Å². The summed E-state index contributed by atoms with van der Waals surface area (Å²) in [5.41, 5.74) is 1.25. The molecule has 0 aliphatic carbocycles. The molecule has 0 heterocycles. The first-order valence-corrected chi connectivity index (χ1v) is 6.62. The molecule has 0 spiro atoms. The molecule has 5 nitrogen and oxygen atoms in total. The van der Waals surface area contributed by atoms with Crippen molar-refractivity contribution in [3.63, 3.8) is 0 Å². The number of benzene rings is 2. The molecule has 0 saturated heterocycles. The minimum Gasteiger partial charge on any atom is -0.458 e. The highest BCUT2D eigenvalue weighted by Crippen LogP contribution is 2.19. The lowest BCUT2D eigenvalue weighted by molar-refractivity contribution is -0.169. The Morgan fingerprint density at radius 1 is 0.955 bits per heavy atom. The largest absolute Gasteiger partial charge is 0.458 e. The van der Waals surface area contributed by atoms with E-state index >= 15 is 0 Å². The standard InChI is InChI=1S/C17H14O5/c18-11-15(19)22-16(14-9-5-2-6-10-14)17(20)21-12-13-7-3-1-4-8-13/h1-11,16H,12H2. The van der Waals surface area contributed by atoms with E-state index in [1.165, 1.54) is 0 Å². The Kier molecular flexibility index (Phi) is 5.43. The summed E-state index contributed by atoms with van der Waals surface area (Å²) in [6, 6.07) is 17.5. The van der Waals surface area contributed by atoms with Crippen molar-refractivity contribution in [3.8, 4) is 0 Å². The molecule has 112 valence electrons. The van der Waals surface area contributed by atoms with Crippen LogP contribution >= 0.6 is 0 Å². The van der Waals surface area contributed by atoms with Crippen LogP contribution in [0.3, 0.4) is 0 Å². The van der Waals surface area contributed by atoms with Gasteiger partial charge in [0.15, 0.2) is 0 Å². The van der Waals surface area contributed by atoms with Gasteiger partial charge in [-0.15, -0.1) is 0 Å². The number of esters is 2. The zero-order chi connectivity index (χ0) is 15.8. The summed E-state index contributed by atoms with van der Waals surface area (Å²) in [4.78, 5) is 33.8. The second-order valence-corrected chi connectivity index (χ2v) is 4.44. The molecule has 2 rings (SSSR count). The minimum absolute atomic E-state index is 0.0143. The lowest BCUT2D eigenvalue weighted by atomic mass is 10.1. The van der Waals surface area contributed by atoms with Crippen molar-refractivity contribution < 1.29 is 23.9 Å². The minimum atomic E-state index is -1.26. The van der Waals surface area contributed by atoms with E-state index in [0.29, 0.717) is 5.56 Å². The number of carbonyl (C=O) groups excluding carboxylic acids is 3. The summed E-state index contributed by atoms with van der Waals surface area (Å²) in [5, 5.41) is 0. The summed E-state index contributed by atoms with van der Waals surface area (Å²) < 4.78 is 10.0. The summed E-state index contributed by atoms with van der Waals surface area (Å²) >= 11 is 0. The molecule has 0 radical (unpaired) electrons. The van der Waals surface area contributed by atoms with Crippen molar-refractivity contribution in [2.75, 3.05) is 0 Å². The molecule has 0 fully saturated rings. The third kappa shape index (κ3) is 4.28. The van der Waals surface area contributed by atoms with Gasteiger partial charge in [0.1, 0.15) is 6.61 Å². The molecule has 2 aromatic rings. The van der Waals surface area contributed by atoms with Gasteiger partial charge in [-0.1, -0.05) is 60.7 Å². The Balaban J connectivity index is 2.09. The van der Waals surface area contributed by atoms with Crippen LogP contribution in [0.2, 0.25) is 0 Å². The molecule has 22 heavy (non-hydrogen) atoms. The van der Waals surface area contributed by atoms with E-state index in [1.807, 2.05) is 30.3 Å². The Bertz CT molecular complexity index is 637. The predicted octanol–water partition coefficient (Wildman–Crippen LogP) is 2.21. The van der Waals surface area contributed by atoms with E-state index in [9.17, 15) is 14.4 Å². The van der Waals surface area contributed by atoms with E-state index in [0.717, 1.165) is 5.56 Å². The maximum Gasteiger partial charge on any atom is 0.372 e. The average Bonchev–Trinajstić information content (AvgIpc) is 2.59. The summed E-state index contributed by atoms with van der Waals surface area (Å²) in [6.07, 6.45) is -1.25. The van der Waals surface area contributed by atoms with Crippen LogP contribution in [0.15, 0.2) is 60.7 Å². The summed E-state index contributed by atoms with van der Waals surface area (Å²) in [5.74, 6) is -1.85. The fourth-order valence-corrected chi connectivity index (χ4v) is 1.83. The van der Waals surface area contributed by atoms with Gasteiger partial charge in [0, 0.05) is 5.56 Å². The number of ether oxygens (including phenoxy) is 2.